The van der Waals surface area contributed by atoms with Crippen LogP contribution in [-0.4, -0.2) is 73.5 Å². The normalized spacial score (nSPS) is 17.3. The summed E-state index contributed by atoms with van der Waals surface area (Å²) in [5.74, 6) is 1.47. The number of sulfonamides is 1. The molecule has 0 atom stereocenters. The Kier molecular flexibility index (Phi) is 7.89. The van der Waals surface area contributed by atoms with Crippen molar-refractivity contribution in [3.63, 3.8) is 0 Å². The summed E-state index contributed by atoms with van der Waals surface area (Å²) < 4.78 is 40.3. The van der Waals surface area contributed by atoms with Crippen molar-refractivity contribution in [2.24, 2.45) is 0 Å². The van der Waals surface area contributed by atoms with E-state index in [0.29, 0.717) is 21.8 Å². The monoisotopic (exact) mass is 577 g/mol. The van der Waals surface area contributed by atoms with Gasteiger partial charge in [-0.1, -0.05) is 18.2 Å². The fourth-order valence-corrected chi connectivity index (χ4v) is 8.00. The van der Waals surface area contributed by atoms with E-state index in [4.69, 9.17) is 9.47 Å². The highest BCUT2D eigenvalue weighted by Gasteiger charge is 2.39. The van der Waals surface area contributed by atoms with Crippen molar-refractivity contribution in [2.75, 3.05) is 44.8 Å². The van der Waals surface area contributed by atoms with Gasteiger partial charge in [0, 0.05) is 38.4 Å². The average molecular weight is 578 g/mol. The number of aryl methyl sites for hydroxylation is 2. The zero-order valence-electron chi connectivity index (χ0n) is 24.2. The molecule has 2 fully saturated rings. The lowest BCUT2D eigenvalue weighted by atomic mass is 9.96. The summed E-state index contributed by atoms with van der Waals surface area (Å²) in [6.07, 6.45) is 5.71. The number of methoxy groups -OCH3 is 1. The predicted molar refractivity (Wildman–Crippen MR) is 158 cm³/mol. The van der Waals surface area contributed by atoms with Crippen LogP contribution in [0.15, 0.2) is 47.5 Å². The minimum Gasteiger partial charge on any atom is -0.497 e. The van der Waals surface area contributed by atoms with Gasteiger partial charge in [-0.3, -0.25) is 4.90 Å². The van der Waals surface area contributed by atoms with E-state index in [0.717, 1.165) is 44.7 Å². The minimum absolute atomic E-state index is 0.00315. The molecule has 41 heavy (non-hydrogen) atoms. The topological polar surface area (TPSA) is 88.1 Å². The molecule has 3 heterocycles. The summed E-state index contributed by atoms with van der Waals surface area (Å²) in [6.45, 7) is 9.18. The van der Waals surface area contributed by atoms with Crippen LogP contribution in [0.4, 0.5) is 5.82 Å². The van der Waals surface area contributed by atoms with Gasteiger partial charge in [-0.2, -0.15) is 9.29 Å². The Bertz CT molecular complexity index is 1500. The van der Waals surface area contributed by atoms with Gasteiger partial charge in [0.25, 0.3) is 0 Å². The number of aromatic nitrogens is 2. The van der Waals surface area contributed by atoms with Crippen molar-refractivity contribution in [1.82, 2.24) is 19.2 Å². The molecule has 1 aliphatic carbocycles. The molecule has 0 spiro atoms. The first-order valence-electron chi connectivity index (χ1n) is 14.5. The van der Waals surface area contributed by atoms with E-state index < -0.39 is 10.0 Å². The number of hydrogen-bond donors (Lipinski definition) is 0. The quantitative estimate of drug-likeness (QED) is 0.337. The molecule has 2 aliphatic heterocycles. The molecular weight excluding hydrogens is 538 g/mol. The standard InChI is InChI=1S/C31H39N5O4S/c1-22-17-28(39-3)18-23(2)30(22)41(37,38)36(27-7-8-27)15-16-40-31-32-11-9-29(33-31)35-14-10-25-19-24(5-6-26(25)21-35)20-34-12-4-13-34/h5-6,9,11,17-19,27H,4,7-8,10,12-16,20-21H2,1-3H3. The number of ether oxygens (including phenoxy) is 2. The molecule has 0 unspecified atom stereocenters. The van der Waals surface area contributed by atoms with Gasteiger partial charge in [0.15, 0.2) is 0 Å². The zero-order chi connectivity index (χ0) is 28.6. The Labute approximate surface area is 243 Å². The maximum atomic E-state index is 13.7. The fraction of sp³-hybridized carbons (Fsp3) is 0.484. The number of likely N-dealkylation sites (tertiary alicyclic amines) is 1. The van der Waals surface area contributed by atoms with Crippen molar-refractivity contribution in [3.8, 4) is 11.8 Å². The molecular formula is C31H39N5O4S. The minimum atomic E-state index is -3.69. The van der Waals surface area contributed by atoms with Crippen LogP contribution in [0.1, 0.15) is 47.1 Å². The second-order valence-electron chi connectivity index (χ2n) is 11.4. The van der Waals surface area contributed by atoms with Gasteiger partial charge >= 0.3 is 6.01 Å². The van der Waals surface area contributed by atoms with Crippen LogP contribution in [-0.2, 0) is 29.5 Å². The van der Waals surface area contributed by atoms with Gasteiger partial charge in [0.2, 0.25) is 10.0 Å². The third-order valence-corrected chi connectivity index (χ3v) is 10.6. The van der Waals surface area contributed by atoms with Crippen molar-refractivity contribution in [2.45, 2.75) is 63.6 Å². The third-order valence-electron chi connectivity index (χ3n) is 8.31. The maximum Gasteiger partial charge on any atom is 0.318 e. The molecule has 0 amide bonds. The number of nitrogens with zero attached hydrogens (tertiary/aromatic N) is 5. The van der Waals surface area contributed by atoms with E-state index in [2.05, 4.69) is 38.0 Å². The smallest absolute Gasteiger partial charge is 0.318 e. The van der Waals surface area contributed by atoms with E-state index in [-0.39, 0.29) is 25.2 Å². The second-order valence-corrected chi connectivity index (χ2v) is 13.2. The molecule has 2 aromatic carbocycles. The molecule has 3 aromatic rings. The first-order valence-corrected chi connectivity index (χ1v) is 16.0. The van der Waals surface area contributed by atoms with Gasteiger partial charge in [-0.05, 0) is 98.6 Å². The molecule has 3 aliphatic rings. The molecule has 9 nitrogen and oxygen atoms in total. The van der Waals surface area contributed by atoms with Crippen molar-refractivity contribution in [3.05, 3.63) is 70.4 Å². The number of hydrogen-bond acceptors (Lipinski definition) is 8. The zero-order valence-corrected chi connectivity index (χ0v) is 25.0. The van der Waals surface area contributed by atoms with Gasteiger partial charge in [-0.25, -0.2) is 13.4 Å². The Hall–Kier alpha value is -3.21. The van der Waals surface area contributed by atoms with Crippen molar-refractivity contribution < 1.29 is 17.9 Å². The van der Waals surface area contributed by atoms with Crippen molar-refractivity contribution >= 4 is 15.8 Å². The number of anilines is 1. The van der Waals surface area contributed by atoms with Crippen LogP contribution in [0.2, 0.25) is 0 Å². The molecule has 1 saturated carbocycles. The van der Waals surface area contributed by atoms with Gasteiger partial charge in [0.1, 0.15) is 18.2 Å². The largest absolute Gasteiger partial charge is 0.497 e. The molecule has 1 saturated heterocycles. The number of benzene rings is 2. The fourth-order valence-electron chi connectivity index (χ4n) is 5.92. The van der Waals surface area contributed by atoms with Crippen LogP contribution in [0.5, 0.6) is 11.8 Å². The lowest BCUT2D eigenvalue weighted by Gasteiger charge is -2.32. The summed E-state index contributed by atoms with van der Waals surface area (Å²) in [4.78, 5) is 14.1. The van der Waals surface area contributed by atoms with E-state index in [1.54, 1.807) is 29.7 Å². The molecule has 0 N–H and O–H groups in total. The Morgan fingerprint density at radius 2 is 1.80 bits per heavy atom. The lowest BCUT2D eigenvalue weighted by molar-refractivity contribution is 0.172. The predicted octanol–water partition coefficient (Wildman–Crippen LogP) is 4.10. The summed E-state index contributed by atoms with van der Waals surface area (Å²) in [6, 6.07) is 12.6. The van der Waals surface area contributed by atoms with Gasteiger partial charge < -0.3 is 14.4 Å². The van der Waals surface area contributed by atoms with E-state index in [9.17, 15) is 8.42 Å². The SMILES string of the molecule is COc1cc(C)c(S(=O)(=O)N(CCOc2nccc(N3CCc4cc(CN5CCC5)ccc4C3)n2)C2CC2)c(C)c1. The van der Waals surface area contributed by atoms with E-state index in [1.165, 1.54) is 36.2 Å². The van der Waals surface area contributed by atoms with E-state index >= 15 is 0 Å². The lowest BCUT2D eigenvalue weighted by Crippen LogP contribution is -2.37. The molecule has 1 aromatic heterocycles. The highest BCUT2D eigenvalue weighted by molar-refractivity contribution is 7.89. The van der Waals surface area contributed by atoms with Crippen molar-refractivity contribution in [1.29, 1.82) is 0 Å². The highest BCUT2D eigenvalue weighted by Crippen LogP contribution is 2.35. The van der Waals surface area contributed by atoms with Gasteiger partial charge in [-0.15, -0.1) is 0 Å². The summed E-state index contributed by atoms with van der Waals surface area (Å²) in [5.41, 5.74) is 5.52. The van der Waals surface area contributed by atoms with Crippen LogP contribution in [0, 0.1) is 13.8 Å². The summed E-state index contributed by atoms with van der Waals surface area (Å²) in [5, 5.41) is 0. The van der Waals surface area contributed by atoms with Gasteiger partial charge in [0.05, 0.1) is 12.0 Å². The van der Waals surface area contributed by atoms with Crippen LogP contribution in [0.3, 0.4) is 0 Å². The number of rotatable bonds is 11. The molecule has 0 bridgehead atoms. The third kappa shape index (κ3) is 6.05. The summed E-state index contributed by atoms with van der Waals surface area (Å²) in [7, 11) is -2.11. The first-order chi connectivity index (χ1) is 19.8. The Morgan fingerprint density at radius 1 is 1.02 bits per heavy atom. The number of fused-ring (bicyclic) bond motifs is 1. The molecule has 10 heteroatoms. The van der Waals surface area contributed by atoms with Crippen LogP contribution < -0.4 is 14.4 Å². The second kappa shape index (κ2) is 11.6. The van der Waals surface area contributed by atoms with Crippen LogP contribution in [0.25, 0.3) is 0 Å². The average Bonchev–Trinajstić information content (AvgIpc) is 3.77. The Morgan fingerprint density at radius 3 is 2.49 bits per heavy atom. The molecule has 0 radical (unpaired) electrons. The van der Waals surface area contributed by atoms with E-state index in [1.807, 2.05) is 19.9 Å². The molecule has 6 rings (SSSR count). The highest BCUT2D eigenvalue weighted by atomic mass is 32.2. The Balaban J connectivity index is 1.10. The first kappa shape index (κ1) is 27.9. The maximum absolute atomic E-state index is 13.7. The van der Waals surface area contributed by atoms with Crippen LogP contribution >= 0.6 is 0 Å². The molecule has 218 valence electrons. The summed E-state index contributed by atoms with van der Waals surface area (Å²) >= 11 is 0.